The summed E-state index contributed by atoms with van der Waals surface area (Å²) in [5, 5.41) is 9.10. The van der Waals surface area contributed by atoms with E-state index in [-0.39, 0.29) is 11.2 Å². The number of hydrogen-bond acceptors (Lipinski definition) is 1. The Morgan fingerprint density at radius 3 is 2.45 bits per heavy atom. The van der Waals surface area contributed by atoms with Crippen LogP contribution in [-0.4, -0.2) is 5.11 Å². The molecule has 1 heteroatoms. The predicted molar refractivity (Wildman–Crippen MR) is 97.9 cm³/mol. The van der Waals surface area contributed by atoms with Crippen LogP contribution in [0, 0.1) is 5.41 Å². The number of rotatable bonds is 5. The lowest BCUT2D eigenvalue weighted by Gasteiger charge is -2.32. The van der Waals surface area contributed by atoms with Gasteiger partial charge in [0.1, 0.15) is 5.76 Å². The molecule has 1 aliphatic carbocycles. The largest absolute Gasteiger partial charge is 0.509 e. The lowest BCUT2D eigenvalue weighted by Crippen LogP contribution is -2.19. The summed E-state index contributed by atoms with van der Waals surface area (Å²) in [6.07, 6.45) is 16.0. The number of hydrogen-bond donors (Lipinski definition) is 1. The lowest BCUT2D eigenvalue weighted by molar-refractivity contribution is 0.377. The third-order valence-electron chi connectivity index (χ3n) is 4.17. The normalized spacial score (nSPS) is 20.2. The van der Waals surface area contributed by atoms with Crippen LogP contribution in [0.4, 0.5) is 0 Å². The summed E-state index contributed by atoms with van der Waals surface area (Å²) in [6, 6.07) is 0. The van der Waals surface area contributed by atoms with Crippen molar-refractivity contribution in [2.45, 2.75) is 53.9 Å². The van der Waals surface area contributed by atoms with Crippen molar-refractivity contribution in [3.63, 3.8) is 0 Å². The molecule has 0 aromatic rings. The fourth-order valence-corrected chi connectivity index (χ4v) is 2.94. The number of aliphatic hydroxyl groups is 1. The lowest BCUT2D eigenvalue weighted by atomic mass is 9.72. The molecule has 0 atom stereocenters. The second-order valence-electron chi connectivity index (χ2n) is 6.91. The summed E-state index contributed by atoms with van der Waals surface area (Å²) in [5.74, 6) is 0.0877. The Balaban J connectivity index is 2.79. The second-order valence-corrected chi connectivity index (χ2v) is 6.91. The highest BCUT2D eigenvalue weighted by atomic mass is 16.3. The van der Waals surface area contributed by atoms with E-state index in [4.69, 9.17) is 5.11 Å². The highest BCUT2D eigenvalue weighted by Gasteiger charge is 2.26. The van der Waals surface area contributed by atoms with Gasteiger partial charge in [0.15, 0.2) is 0 Å². The number of aliphatic hydroxyl groups excluding tert-OH is 1. The summed E-state index contributed by atoms with van der Waals surface area (Å²) in [5.41, 5.74) is 5.50. The van der Waals surface area contributed by atoms with E-state index in [1.54, 1.807) is 6.08 Å². The maximum absolute atomic E-state index is 9.10. The SMILES string of the molecule is C=C(O)/C=C(C)/C=C/C=C(C)\C=C\C1=C(C)CCCC1(C)C. The standard InChI is InChI=1S/C21H30O/c1-16(9-7-10-17(2)15-19(4)22)12-13-20-18(3)11-8-14-21(20,5)6/h7,9-10,12-13,15,22H,4,8,11,14H2,1-3,5-6H3/b10-7+,13-12+,16-9-,17-15+. The summed E-state index contributed by atoms with van der Waals surface area (Å²) in [6.45, 7) is 14.4. The average molecular weight is 298 g/mol. The van der Waals surface area contributed by atoms with Gasteiger partial charge >= 0.3 is 0 Å². The third kappa shape index (κ3) is 5.93. The van der Waals surface area contributed by atoms with Gasteiger partial charge < -0.3 is 5.11 Å². The van der Waals surface area contributed by atoms with E-state index in [2.05, 4.69) is 52.5 Å². The van der Waals surface area contributed by atoms with Gasteiger partial charge in [-0.15, -0.1) is 0 Å². The Labute approximate surface area is 136 Å². The Kier molecular flexibility index (Phi) is 6.67. The van der Waals surface area contributed by atoms with E-state index in [1.165, 1.54) is 36.0 Å². The summed E-state index contributed by atoms with van der Waals surface area (Å²) < 4.78 is 0. The zero-order valence-corrected chi connectivity index (χ0v) is 14.7. The molecule has 0 saturated heterocycles. The van der Waals surface area contributed by atoms with Gasteiger partial charge in [0.25, 0.3) is 0 Å². The molecule has 0 heterocycles. The Morgan fingerprint density at radius 1 is 1.18 bits per heavy atom. The van der Waals surface area contributed by atoms with Crippen LogP contribution < -0.4 is 0 Å². The van der Waals surface area contributed by atoms with Crippen molar-refractivity contribution in [3.8, 4) is 0 Å². The molecule has 0 radical (unpaired) electrons. The molecule has 1 N–H and O–H groups in total. The smallest absolute Gasteiger partial charge is 0.108 e. The van der Waals surface area contributed by atoms with Gasteiger partial charge in [-0.2, -0.15) is 0 Å². The molecule has 1 nitrogen and oxygen atoms in total. The van der Waals surface area contributed by atoms with E-state index in [0.29, 0.717) is 0 Å². The van der Waals surface area contributed by atoms with Crippen LogP contribution >= 0.6 is 0 Å². The van der Waals surface area contributed by atoms with Gasteiger partial charge in [0.05, 0.1) is 0 Å². The molecule has 0 aromatic carbocycles. The molecular formula is C21H30O. The molecular weight excluding hydrogens is 268 g/mol. The summed E-state index contributed by atoms with van der Waals surface area (Å²) >= 11 is 0. The van der Waals surface area contributed by atoms with Crippen LogP contribution in [0.3, 0.4) is 0 Å². The highest BCUT2D eigenvalue weighted by Crippen LogP contribution is 2.40. The summed E-state index contributed by atoms with van der Waals surface area (Å²) in [4.78, 5) is 0. The van der Waals surface area contributed by atoms with E-state index < -0.39 is 0 Å². The Bertz CT molecular complexity index is 563. The summed E-state index contributed by atoms with van der Waals surface area (Å²) in [7, 11) is 0. The maximum atomic E-state index is 9.10. The first kappa shape index (κ1) is 18.3. The molecule has 0 bridgehead atoms. The molecule has 22 heavy (non-hydrogen) atoms. The van der Waals surface area contributed by atoms with Crippen LogP contribution in [0.15, 0.2) is 71.1 Å². The second kappa shape index (κ2) is 8.03. The fourth-order valence-electron chi connectivity index (χ4n) is 2.94. The molecule has 0 spiro atoms. The minimum absolute atomic E-state index is 0.0877. The van der Waals surface area contributed by atoms with Gasteiger partial charge in [-0.1, -0.05) is 62.0 Å². The van der Waals surface area contributed by atoms with E-state index >= 15 is 0 Å². The van der Waals surface area contributed by atoms with E-state index in [0.717, 1.165) is 5.57 Å². The minimum atomic E-state index is 0.0877. The molecule has 0 fully saturated rings. The van der Waals surface area contributed by atoms with Gasteiger partial charge in [-0.3, -0.25) is 0 Å². The Hall–Kier alpha value is -1.76. The van der Waals surface area contributed by atoms with Gasteiger partial charge in [0.2, 0.25) is 0 Å². The van der Waals surface area contributed by atoms with Crippen LogP contribution in [0.1, 0.15) is 53.9 Å². The van der Waals surface area contributed by atoms with Crippen molar-refractivity contribution < 1.29 is 5.11 Å². The average Bonchev–Trinajstić information content (AvgIpc) is 2.36. The van der Waals surface area contributed by atoms with Crippen molar-refractivity contribution in [2.24, 2.45) is 5.41 Å². The van der Waals surface area contributed by atoms with Crippen LogP contribution in [-0.2, 0) is 0 Å². The molecule has 120 valence electrons. The van der Waals surface area contributed by atoms with Crippen molar-refractivity contribution in [2.75, 3.05) is 0 Å². The van der Waals surface area contributed by atoms with E-state index in [1.807, 2.05) is 19.1 Å². The monoisotopic (exact) mass is 298 g/mol. The zero-order valence-electron chi connectivity index (χ0n) is 14.7. The van der Waals surface area contributed by atoms with Gasteiger partial charge in [-0.25, -0.2) is 0 Å². The zero-order chi connectivity index (χ0) is 16.8. The van der Waals surface area contributed by atoms with Crippen LogP contribution in [0.5, 0.6) is 0 Å². The quantitative estimate of drug-likeness (QED) is 0.448. The minimum Gasteiger partial charge on any atom is -0.509 e. The van der Waals surface area contributed by atoms with Crippen LogP contribution in [0.25, 0.3) is 0 Å². The first-order valence-corrected chi connectivity index (χ1v) is 8.02. The fraction of sp³-hybridized carbons (Fsp3) is 0.429. The Morgan fingerprint density at radius 2 is 1.86 bits per heavy atom. The first-order chi connectivity index (χ1) is 10.2. The molecule has 0 aromatic heterocycles. The molecule has 1 rings (SSSR count). The molecule has 0 aliphatic heterocycles. The molecule has 0 saturated carbocycles. The van der Waals surface area contributed by atoms with Gasteiger partial charge in [0, 0.05) is 0 Å². The number of allylic oxidation sites excluding steroid dienone is 10. The molecule has 0 unspecified atom stereocenters. The van der Waals surface area contributed by atoms with Crippen molar-refractivity contribution in [1.29, 1.82) is 0 Å². The first-order valence-electron chi connectivity index (χ1n) is 8.02. The maximum Gasteiger partial charge on any atom is 0.108 e. The predicted octanol–water partition coefficient (Wildman–Crippen LogP) is 6.59. The highest BCUT2D eigenvalue weighted by molar-refractivity contribution is 5.37. The molecule has 1 aliphatic rings. The van der Waals surface area contributed by atoms with Crippen LogP contribution in [0.2, 0.25) is 0 Å². The topological polar surface area (TPSA) is 20.2 Å². The van der Waals surface area contributed by atoms with Crippen molar-refractivity contribution in [3.05, 3.63) is 71.1 Å². The molecule has 0 amide bonds. The third-order valence-corrected chi connectivity index (χ3v) is 4.17. The van der Waals surface area contributed by atoms with Gasteiger partial charge in [-0.05, 0) is 62.7 Å². The van der Waals surface area contributed by atoms with E-state index in [9.17, 15) is 0 Å². The van der Waals surface area contributed by atoms with Crippen molar-refractivity contribution >= 4 is 0 Å². The van der Waals surface area contributed by atoms with Crippen molar-refractivity contribution in [1.82, 2.24) is 0 Å².